The molecular formula is C30H42O. The van der Waals surface area contributed by atoms with Gasteiger partial charge < -0.3 is 4.74 Å². The van der Waals surface area contributed by atoms with Crippen LogP contribution in [0.15, 0.2) is 54.6 Å². The molecule has 0 aromatic heterocycles. The predicted molar refractivity (Wildman–Crippen MR) is 136 cm³/mol. The minimum atomic E-state index is 0.816. The SMILES string of the molecule is CCCCCCCC1CC=C(c2ccc(-c3ccc(OCCCCC)cc3)cc2)CC1. The molecule has 1 aliphatic rings. The zero-order valence-electron chi connectivity index (χ0n) is 19.9. The van der Waals surface area contributed by atoms with Crippen LogP contribution in [0, 0.1) is 5.92 Å². The van der Waals surface area contributed by atoms with E-state index in [2.05, 4.69) is 68.5 Å². The van der Waals surface area contributed by atoms with Gasteiger partial charge in [0.2, 0.25) is 0 Å². The van der Waals surface area contributed by atoms with Crippen molar-refractivity contribution >= 4 is 5.57 Å². The Labute approximate surface area is 190 Å². The van der Waals surface area contributed by atoms with Crippen LogP contribution in [0.1, 0.15) is 96.5 Å². The predicted octanol–water partition coefficient (Wildman–Crippen LogP) is 9.47. The Kier molecular flexibility index (Phi) is 10.2. The van der Waals surface area contributed by atoms with Crippen LogP contribution < -0.4 is 4.74 Å². The van der Waals surface area contributed by atoms with Gasteiger partial charge >= 0.3 is 0 Å². The van der Waals surface area contributed by atoms with E-state index >= 15 is 0 Å². The molecule has 3 rings (SSSR count). The van der Waals surface area contributed by atoms with Gasteiger partial charge in [-0.3, -0.25) is 0 Å². The summed E-state index contributed by atoms with van der Waals surface area (Å²) in [5.74, 6) is 1.89. The summed E-state index contributed by atoms with van der Waals surface area (Å²) in [5, 5.41) is 0. The van der Waals surface area contributed by atoms with Crippen LogP contribution in [0.4, 0.5) is 0 Å². The number of allylic oxidation sites excluding steroid dienone is 2. The molecule has 0 bridgehead atoms. The van der Waals surface area contributed by atoms with Crippen molar-refractivity contribution in [1.29, 1.82) is 0 Å². The van der Waals surface area contributed by atoms with E-state index in [-0.39, 0.29) is 0 Å². The number of hydrogen-bond donors (Lipinski definition) is 0. The molecule has 1 atom stereocenters. The average Bonchev–Trinajstić information content (AvgIpc) is 2.83. The molecule has 0 aliphatic heterocycles. The second-order valence-corrected chi connectivity index (χ2v) is 9.23. The smallest absolute Gasteiger partial charge is 0.119 e. The zero-order valence-corrected chi connectivity index (χ0v) is 19.9. The first-order valence-electron chi connectivity index (χ1n) is 12.8. The molecule has 2 aromatic carbocycles. The van der Waals surface area contributed by atoms with Gasteiger partial charge in [0.25, 0.3) is 0 Å². The van der Waals surface area contributed by atoms with Gasteiger partial charge in [0, 0.05) is 0 Å². The Morgan fingerprint density at radius 2 is 1.32 bits per heavy atom. The van der Waals surface area contributed by atoms with E-state index in [0.29, 0.717) is 0 Å². The summed E-state index contributed by atoms with van der Waals surface area (Å²) in [5.41, 5.74) is 5.49. The van der Waals surface area contributed by atoms with Crippen LogP contribution in [0.2, 0.25) is 0 Å². The highest BCUT2D eigenvalue weighted by Crippen LogP contribution is 2.34. The number of hydrogen-bond acceptors (Lipinski definition) is 1. The molecule has 1 unspecified atom stereocenters. The van der Waals surface area contributed by atoms with Crippen LogP contribution in [-0.2, 0) is 0 Å². The second kappa shape index (κ2) is 13.4. The number of benzene rings is 2. The third kappa shape index (κ3) is 7.87. The highest BCUT2D eigenvalue weighted by molar-refractivity contribution is 5.71. The third-order valence-corrected chi connectivity index (χ3v) is 6.70. The van der Waals surface area contributed by atoms with Crippen molar-refractivity contribution in [3.63, 3.8) is 0 Å². The lowest BCUT2D eigenvalue weighted by Crippen LogP contribution is -2.05. The monoisotopic (exact) mass is 418 g/mol. The normalized spacial score (nSPS) is 16.2. The molecule has 0 spiro atoms. The van der Waals surface area contributed by atoms with Crippen LogP contribution in [0.5, 0.6) is 5.75 Å². The quantitative estimate of drug-likeness (QED) is 0.294. The first-order chi connectivity index (χ1) is 15.3. The molecule has 1 aliphatic carbocycles. The first-order valence-corrected chi connectivity index (χ1v) is 12.8. The van der Waals surface area contributed by atoms with E-state index in [1.165, 1.54) is 87.3 Å². The minimum Gasteiger partial charge on any atom is -0.494 e. The van der Waals surface area contributed by atoms with Crippen molar-refractivity contribution in [2.45, 2.75) is 90.9 Å². The standard InChI is InChI=1S/C30H42O/c1-3-5-7-8-9-11-25-12-14-26(15-13-25)27-16-18-28(19-17-27)29-20-22-30(23-21-29)31-24-10-6-4-2/h14,16-23,25H,3-13,15,24H2,1-2H3. The molecule has 0 saturated carbocycles. The topological polar surface area (TPSA) is 9.23 Å². The van der Waals surface area contributed by atoms with Gasteiger partial charge in [-0.05, 0) is 66.0 Å². The Hall–Kier alpha value is -2.02. The Bertz CT molecular complexity index is 769. The average molecular weight is 419 g/mol. The molecule has 0 N–H and O–H groups in total. The maximum atomic E-state index is 5.84. The van der Waals surface area contributed by atoms with E-state index in [0.717, 1.165) is 24.7 Å². The second-order valence-electron chi connectivity index (χ2n) is 9.23. The third-order valence-electron chi connectivity index (χ3n) is 6.70. The lowest BCUT2D eigenvalue weighted by molar-refractivity contribution is 0.306. The molecule has 1 heteroatoms. The van der Waals surface area contributed by atoms with E-state index in [4.69, 9.17) is 4.74 Å². The Morgan fingerprint density at radius 1 is 0.710 bits per heavy atom. The molecule has 1 nitrogen and oxygen atoms in total. The van der Waals surface area contributed by atoms with Gasteiger partial charge in [-0.25, -0.2) is 0 Å². The van der Waals surface area contributed by atoms with Gasteiger partial charge in [-0.1, -0.05) is 108 Å². The van der Waals surface area contributed by atoms with Crippen LogP contribution in [0.3, 0.4) is 0 Å². The summed E-state index contributed by atoms with van der Waals surface area (Å²) in [7, 11) is 0. The molecule has 2 aromatic rings. The van der Waals surface area contributed by atoms with Crippen molar-refractivity contribution in [3.8, 4) is 16.9 Å². The van der Waals surface area contributed by atoms with E-state index in [9.17, 15) is 0 Å². The largest absolute Gasteiger partial charge is 0.494 e. The highest BCUT2D eigenvalue weighted by atomic mass is 16.5. The molecular weight excluding hydrogens is 376 g/mol. The molecule has 0 heterocycles. The van der Waals surface area contributed by atoms with Crippen LogP contribution >= 0.6 is 0 Å². The lowest BCUT2D eigenvalue weighted by atomic mass is 9.83. The molecule has 0 radical (unpaired) electrons. The summed E-state index contributed by atoms with van der Waals surface area (Å²) in [6.45, 7) is 5.33. The number of ether oxygens (including phenoxy) is 1. The molecule has 0 amide bonds. The van der Waals surface area contributed by atoms with Crippen LogP contribution in [-0.4, -0.2) is 6.61 Å². The molecule has 31 heavy (non-hydrogen) atoms. The number of rotatable bonds is 13. The molecule has 0 fully saturated rings. The van der Waals surface area contributed by atoms with E-state index in [1.54, 1.807) is 5.57 Å². The van der Waals surface area contributed by atoms with Gasteiger partial charge in [-0.15, -0.1) is 0 Å². The summed E-state index contributed by atoms with van der Waals surface area (Å²) in [6, 6.07) is 17.7. The summed E-state index contributed by atoms with van der Waals surface area (Å²) in [6.07, 6.45) is 18.4. The fraction of sp³-hybridized carbons (Fsp3) is 0.533. The Balaban J connectivity index is 1.48. The van der Waals surface area contributed by atoms with Crippen molar-refractivity contribution in [2.75, 3.05) is 6.61 Å². The Morgan fingerprint density at radius 3 is 1.97 bits per heavy atom. The molecule has 0 saturated heterocycles. The minimum absolute atomic E-state index is 0.816. The van der Waals surface area contributed by atoms with Crippen LogP contribution in [0.25, 0.3) is 16.7 Å². The highest BCUT2D eigenvalue weighted by Gasteiger charge is 2.15. The van der Waals surface area contributed by atoms with Gasteiger partial charge in [0.1, 0.15) is 5.75 Å². The number of unbranched alkanes of at least 4 members (excludes halogenated alkanes) is 6. The first kappa shape index (κ1) is 23.6. The van der Waals surface area contributed by atoms with E-state index < -0.39 is 0 Å². The van der Waals surface area contributed by atoms with Gasteiger partial charge in [0.15, 0.2) is 0 Å². The van der Waals surface area contributed by atoms with Gasteiger partial charge in [0.05, 0.1) is 6.61 Å². The maximum Gasteiger partial charge on any atom is 0.119 e. The van der Waals surface area contributed by atoms with E-state index in [1.807, 2.05) is 0 Å². The maximum absolute atomic E-state index is 5.84. The fourth-order valence-corrected chi connectivity index (χ4v) is 4.61. The summed E-state index contributed by atoms with van der Waals surface area (Å²) >= 11 is 0. The lowest BCUT2D eigenvalue weighted by Gasteiger charge is -2.22. The van der Waals surface area contributed by atoms with Crippen molar-refractivity contribution in [3.05, 3.63) is 60.2 Å². The van der Waals surface area contributed by atoms with Crippen molar-refractivity contribution < 1.29 is 4.74 Å². The summed E-state index contributed by atoms with van der Waals surface area (Å²) < 4.78 is 5.84. The van der Waals surface area contributed by atoms with Gasteiger partial charge in [-0.2, -0.15) is 0 Å². The summed E-state index contributed by atoms with van der Waals surface area (Å²) in [4.78, 5) is 0. The fourth-order valence-electron chi connectivity index (χ4n) is 4.61. The zero-order chi connectivity index (χ0) is 21.7. The van der Waals surface area contributed by atoms with Crippen molar-refractivity contribution in [1.82, 2.24) is 0 Å². The molecule has 168 valence electrons. The van der Waals surface area contributed by atoms with Crippen molar-refractivity contribution in [2.24, 2.45) is 5.92 Å².